The summed E-state index contributed by atoms with van der Waals surface area (Å²) in [7, 11) is 0. The number of piperidine rings is 1. The molecule has 8 nitrogen and oxygen atoms in total. The Bertz CT molecular complexity index is 1010. The Morgan fingerprint density at radius 1 is 1.21 bits per heavy atom. The number of fused-ring (bicyclic) bond motifs is 1. The van der Waals surface area contributed by atoms with Gasteiger partial charge in [0.2, 0.25) is 5.60 Å². The van der Waals surface area contributed by atoms with E-state index in [1.54, 1.807) is 6.20 Å². The minimum absolute atomic E-state index is 0.230. The lowest BCUT2D eigenvalue weighted by molar-refractivity contribution is -0.260. The maximum atomic E-state index is 13.2. The zero-order valence-electron chi connectivity index (χ0n) is 15.6. The molecule has 0 bridgehead atoms. The lowest BCUT2D eigenvalue weighted by Gasteiger charge is -2.25. The average Bonchev–Trinajstić information content (AvgIpc) is 3.11. The lowest BCUT2D eigenvalue weighted by Crippen LogP contribution is -2.40. The van der Waals surface area contributed by atoms with E-state index in [0.717, 1.165) is 32.1 Å². The van der Waals surface area contributed by atoms with Gasteiger partial charge in [-0.2, -0.15) is 13.2 Å². The monoisotopic (exact) mass is 407 g/mol. The van der Waals surface area contributed by atoms with Crippen molar-refractivity contribution in [3.8, 4) is 11.4 Å². The number of alkyl halides is 3. The van der Waals surface area contributed by atoms with Gasteiger partial charge in [-0.1, -0.05) is 0 Å². The van der Waals surface area contributed by atoms with E-state index in [1.807, 2.05) is 0 Å². The normalized spacial score (nSPS) is 19.8. The Labute approximate surface area is 164 Å². The quantitative estimate of drug-likeness (QED) is 0.609. The van der Waals surface area contributed by atoms with E-state index in [4.69, 9.17) is 0 Å². The molecule has 11 heteroatoms. The van der Waals surface area contributed by atoms with Crippen LogP contribution in [0.2, 0.25) is 0 Å². The van der Waals surface area contributed by atoms with Crippen molar-refractivity contribution in [2.75, 3.05) is 18.4 Å². The molecule has 0 saturated carbocycles. The fourth-order valence-corrected chi connectivity index (χ4v) is 3.22. The first kappa shape index (κ1) is 19.5. The van der Waals surface area contributed by atoms with Crippen molar-refractivity contribution in [2.45, 2.75) is 37.6 Å². The zero-order chi connectivity index (χ0) is 20.6. The van der Waals surface area contributed by atoms with Gasteiger partial charge in [-0.3, -0.25) is 14.4 Å². The first-order chi connectivity index (χ1) is 13.8. The van der Waals surface area contributed by atoms with Crippen LogP contribution in [0.4, 0.5) is 19.0 Å². The number of anilines is 1. The molecule has 29 heavy (non-hydrogen) atoms. The Morgan fingerprint density at radius 2 is 2.03 bits per heavy atom. The minimum atomic E-state index is -4.87. The largest absolute Gasteiger partial charge is 0.422 e. The van der Waals surface area contributed by atoms with Crippen LogP contribution < -0.4 is 10.6 Å². The molecule has 3 N–H and O–H groups in total. The van der Waals surface area contributed by atoms with Gasteiger partial charge >= 0.3 is 6.18 Å². The van der Waals surface area contributed by atoms with E-state index in [2.05, 4.69) is 30.6 Å². The topological polar surface area (TPSA) is 100 Å². The second-order valence-corrected chi connectivity index (χ2v) is 7.19. The number of imidazole rings is 1. The SMILES string of the molecule is CC(O)(c1cn2c(-c3cncc(NC4CCCNC4)n3)cnc2cn1)C(F)(F)F. The number of halogens is 3. The predicted octanol–water partition coefficient (Wildman–Crippen LogP) is 2.12. The van der Waals surface area contributed by atoms with Crippen LogP contribution in [0.3, 0.4) is 0 Å². The van der Waals surface area contributed by atoms with Gasteiger partial charge in [0.05, 0.1) is 36.2 Å². The third kappa shape index (κ3) is 3.75. The number of hydrogen-bond donors (Lipinski definition) is 3. The van der Waals surface area contributed by atoms with Crippen molar-refractivity contribution in [3.05, 3.63) is 36.7 Å². The van der Waals surface area contributed by atoms with Gasteiger partial charge in [-0.15, -0.1) is 0 Å². The molecule has 0 amide bonds. The van der Waals surface area contributed by atoms with Crippen LogP contribution in [-0.4, -0.2) is 54.8 Å². The summed E-state index contributed by atoms with van der Waals surface area (Å²) in [6.45, 7) is 2.48. The van der Waals surface area contributed by atoms with Crippen LogP contribution >= 0.6 is 0 Å². The van der Waals surface area contributed by atoms with Gasteiger partial charge in [0.15, 0.2) is 5.65 Å². The van der Waals surface area contributed by atoms with Crippen molar-refractivity contribution < 1.29 is 18.3 Å². The predicted molar refractivity (Wildman–Crippen MR) is 99.2 cm³/mol. The number of aromatic nitrogens is 5. The summed E-state index contributed by atoms with van der Waals surface area (Å²) in [5.74, 6) is 0.572. The van der Waals surface area contributed by atoms with Gasteiger partial charge in [0, 0.05) is 18.8 Å². The standard InChI is InChI=1S/C18H20F3N7O/c1-17(29,18(19,20)21)14-10-28-13(7-25-16(28)9-24-14)12-6-23-8-15(27-12)26-11-3-2-4-22-5-11/h6-11,22,29H,2-5H2,1H3,(H,26,27). The van der Waals surface area contributed by atoms with Gasteiger partial charge < -0.3 is 15.7 Å². The van der Waals surface area contributed by atoms with E-state index in [1.165, 1.54) is 23.0 Å². The summed E-state index contributed by atoms with van der Waals surface area (Å²) in [5.41, 5.74) is -2.41. The van der Waals surface area contributed by atoms with Crippen molar-refractivity contribution >= 4 is 11.5 Å². The fraction of sp³-hybridized carbons (Fsp3) is 0.444. The van der Waals surface area contributed by atoms with Crippen LogP contribution in [0.5, 0.6) is 0 Å². The van der Waals surface area contributed by atoms with Crippen LogP contribution in [0.15, 0.2) is 31.0 Å². The molecule has 3 aromatic heterocycles. The van der Waals surface area contributed by atoms with E-state index >= 15 is 0 Å². The van der Waals surface area contributed by atoms with Crippen molar-refractivity contribution in [2.24, 2.45) is 0 Å². The summed E-state index contributed by atoms with van der Waals surface area (Å²) < 4.78 is 41.0. The van der Waals surface area contributed by atoms with E-state index < -0.39 is 17.5 Å². The summed E-state index contributed by atoms with van der Waals surface area (Å²) in [5, 5.41) is 16.6. The van der Waals surface area contributed by atoms with Crippen LogP contribution in [0, 0.1) is 0 Å². The molecule has 0 aliphatic carbocycles. The second-order valence-electron chi connectivity index (χ2n) is 7.19. The van der Waals surface area contributed by atoms with Crippen molar-refractivity contribution in [1.82, 2.24) is 29.7 Å². The second kappa shape index (κ2) is 7.23. The van der Waals surface area contributed by atoms with E-state index in [-0.39, 0.29) is 6.04 Å². The van der Waals surface area contributed by atoms with Gasteiger partial charge in [-0.25, -0.2) is 9.97 Å². The first-order valence-electron chi connectivity index (χ1n) is 9.18. The summed E-state index contributed by atoms with van der Waals surface area (Å²) >= 11 is 0. The average molecular weight is 407 g/mol. The van der Waals surface area contributed by atoms with Crippen LogP contribution in [0.25, 0.3) is 17.0 Å². The Kier molecular flexibility index (Phi) is 4.87. The molecule has 0 aromatic carbocycles. The zero-order valence-corrected chi connectivity index (χ0v) is 15.6. The number of nitrogens with zero attached hydrogens (tertiary/aromatic N) is 5. The summed E-state index contributed by atoms with van der Waals surface area (Å²) in [4.78, 5) is 16.6. The lowest BCUT2D eigenvalue weighted by atomic mass is 10.0. The molecule has 1 aliphatic heterocycles. The highest BCUT2D eigenvalue weighted by molar-refractivity contribution is 5.60. The Hall–Kier alpha value is -2.79. The van der Waals surface area contributed by atoms with Crippen LogP contribution in [-0.2, 0) is 5.60 Å². The van der Waals surface area contributed by atoms with E-state index in [9.17, 15) is 18.3 Å². The highest BCUT2D eigenvalue weighted by Gasteiger charge is 2.52. The number of rotatable bonds is 4. The maximum Gasteiger partial charge on any atom is 0.422 e. The number of nitrogens with one attached hydrogen (secondary N) is 2. The smallest absolute Gasteiger partial charge is 0.375 e. The molecular weight excluding hydrogens is 387 g/mol. The third-order valence-corrected chi connectivity index (χ3v) is 4.99. The molecule has 1 saturated heterocycles. The molecular formula is C18H20F3N7O. The number of hydrogen-bond acceptors (Lipinski definition) is 7. The maximum absolute atomic E-state index is 13.2. The first-order valence-corrected chi connectivity index (χ1v) is 9.18. The van der Waals surface area contributed by atoms with Gasteiger partial charge in [-0.05, 0) is 26.3 Å². The van der Waals surface area contributed by atoms with Gasteiger partial charge in [0.1, 0.15) is 11.5 Å². The molecule has 2 unspecified atom stereocenters. The van der Waals surface area contributed by atoms with E-state index in [0.29, 0.717) is 29.8 Å². The molecule has 2 atom stereocenters. The third-order valence-electron chi connectivity index (χ3n) is 4.99. The summed E-state index contributed by atoms with van der Waals surface area (Å²) in [6, 6.07) is 0.230. The highest BCUT2D eigenvalue weighted by Crippen LogP contribution is 2.37. The molecule has 0 radical (unpaired) electrons. The van der Waals surface area contributed by atoms with Crippen molar-refractivity contribution in [3.63, 3.8) is 0 Å². The molecule has 3 aromatic rings. The Morgan fingerprint density at radius 3 is 2.76 bits per heavy atom. The van der Waals surface area contributed by atoms with Gasteiger partial charge in [0.25, 0.3) is 0 Å². The molecule has 1 aliphatic rings. The molecule has 1 fully saturated rings. The fourth-order valence-electron chi connectivity index (χ4n) is 3.22. The minimum Gasteiger partial charge on any atom is -0.375 e. The van der Waals surface area contributed by atoms with Crippen molar-refractivity contribution in [1.29, 1.82) is 0 Å². The highest BCUT2D eigenvalue weighted by atomic mass is 19.4. The summed E-state index contributed by atoms with van der Waals surface area (Å²) in [6.07, 6.45) is 4.10. The molecule has 154 valence electrons. The molecule has 0 spiro atoms. The Balaban J connectivity index is 1.69. The molecule has 4 heterocycles. The van der Waals surface area contributed by atoms with Crippen LogP contribution in [0.1, 0.15) is 25.5 Å². The number of aliphatic hydroxyl groups is 1. The molecule has 4 rings (SSSR count).